The van der Waals surface area contributed by atoms with E-state index in [0.717, 1.165) is 19.1 Å². The molecule has 1 aromatic rings. The highest BCUT2D eigenvalue weighted by Crippen LogP contribution is 2.32. The summed E-state index contributed by atoms with van der Waals surface area (Å²) >= 11 is 1.87. The number of hydrogen-bond acceptors (Lipinski definition) is 3. The normalized spacial score (nSPS) is 17.0. The molecule has 0 aromatic carbocycles. The average Bonchev–Trinajstić information content (AvgIpc) is 3.14. The molecule has 0 bridgehead atoms. The van der Waals surface area contributed by atoms with Crippen molar-refractivity contribution >= 4 is 11.3 Å². The zero-order chi connectivity index (χ0) is 13.5. The van der Waals surface area contributed by atoms with Crippen LogP contribution in [0.4, 0.5) is 0 Å². The zero-order valence-corrected chi connectivity index (χ0v) is 13.0. The summed E-state index contributed by atoms with van der Waals surface area (Å²) in [5, 5.41) is 2.18. The lowest BCUT2D eigenvalue weighted by Gasteiger charge is -2.30. The van der Waals surface area contributed by atoms with Crippen molar-refractivity contribution in [3.8, 4) is 0 Å². The Balaban J connectivity index is 1.84. The fourth-order valence-electron chi connectivity index (χ4n) is 2.77. The summed E-state index contributed by atoms with van der Waals surface area (Å²) in [7, 11) is 0. The first-order valence-corrected chi connectivity index (χ1v) is 8.71. The molecule has 1 unspecified atom stereocenters. The molecule has 0 spiro atoms. The van der Waals surface area contributed by atoms with Gasteiger partial charge in [-0.2, -0.15) is 0 Å². The van der Waals surface area contributed by atoms with Crippen molar-refractivity contribution < 1.29 is 0 Å². The van der Waals surface area contributed by atoms with Crippen molar-refractivity contribution in [2.24, 2.45) is 5.73 Å². The molecule has 0 aliphatic heterocycles. The Morgan fingerprint density at radius 1 is 1.37 bits per heavy atom. The second-order valence-corrected chi connectivity index (χ2v) is 6.75. The molecular weight excluding hydrogens is 252 g/mol. The van der Waals surface area contributed by atoms with Crippen molar-refractivity contribution in [2.45, 2.75) is 70.5 Å². The van der Waals surface area contributed by atoms with Gasteiger partial charge >= 0.3 is 0 Å². The number of unbranched alkanes of at least 4 members (excludes halogenated alkanes) is 3. The van der Waals surface area contributed by atoms with Crippen molar-refractivity contribution in [1.29, 1.82) is 0 Å². The average molecular weight is 280 g/mol. The van der Waals surface area contributed by atoms with Crippen LogP contribution in [0, 0.1) is 0 Å². The van der Waals surface area contributed by atoms with Crippen LogP contribution in [0.15, 0.2) is 17.5 Å². The van der Waals surface area contributed by atoms with Gasteiger partial charge < -0.3 is 5.73 Å². The zero-order valence-electron chi connectivity index (χ0n) is 12.2. The number of nitrogens with two attached hydrogens (primary N) is 1. The highest BCUT2D eigenvalue weighted by molar-refractivity contribution is 7.09. The summed E-state index contributed by atoms with van der Waals surface area (Å²) in [4.78, 5) is 4.16. The summed E-state index contributed by atoms with van der Waals surface area (Å²) in [6.45, 7) is 4.19. The van der Waals surface area contributed by atoms with Gasteiger partial charge in [0.1, 0.15) is 0 Å². The topological polar surface area (TPSA) is 29.3 Å². The summed E-state index contributed by atoms with van der Waals surface area (Å²) < 4.78 is 0. The first kappa shape index (κ1) is 15.0. The van der Waals surface area contributed by atoms with Crippen molar-refractivity contribution in [3.05, 3.63) is 22.4 Å². The molecule has 2 rings (SSSR count). The Morgan fingerprint density at radius 3 is 2.79 bits per heavy atom. The molecule has 1 atom stereocenters. The van der Waals surface area contributed by atoms with Crippen LogP contribution in [-0.2, 0) is 6.54 Å². The standard InChI is InChI=1S/C16H28N2S/c1-2-3-4-5-7-15(12-17)18(14-9-10-14)13-16-8-6-11-19-16/h6,8,11,14-15H,2-5,7,9-10,12-13,17H2,1H3. The van der Waals surface area contributed by atoms with Crippen LogP contribution >= 0.6 is 11.3 Å². The second kappa shape index (κ2) is 8.03. The van der Waals surface area contributed by atoms with Gasteiger partial charge in [0, 0.05) is 30.1 Å². The monoisotopic (exact) mass is 280 g/mol. The molecule has 0 amide bonds. The number of rotatable bonds is 10. The Morgan fingerprint density at radius 2 is 2.21 bits per heavy atom. The van der Waals surface area contributed by atoms with E-state index in [-0.39, 0.29) is 0 Å². The van der Waals surface area contributed by atoms with Gasteiger partial charge in [0.25, 0.3) is 0 Å². The number of nitrogens with zero attached hydrogens (tertiary/aromatic N) is 1. The molecular formula is C16H28N2S. The Hall–Kier alpha value is -0.380. The van der Waals surface area contributed by atoms with E-state index < -0.39 is 0 Å². The SMILES string of the molecule is CCCCCCC(CN)N(Cc1cccs1)C1CC1. The molecule has 0 saturated heterocycles. The first-order valence-electron chi connectivity index (χ1n) is 7.83. The highest BCUT2D eigenvalue weighted by atomic mass is 32.1. The Bertz CT molecular complexity index is 333. The van der Waals surface area contributed by atoms with Crippen LogP contribution in [0.5, 0.6) is 0 Å². The summed E-state index contributed by atoms with van der Waals surface area (Å²) in [5.74, 6) is 0. The lowest BCUT2D eigenvalue weighted by molar-refractivity contribution is 0.170. The van der Waals surface area contributed by atoms with Crippen LogP contribution in [0.25, 0.3) is 0 Å². The fraction of sp³-hybridized carbons (Fsp3) is 0.750. The van der Waals surface area contributed by atoms with E-state index in [1.165, 1.54) is 49.8 Å². The van der Waals surface area contributed by atoms with E-state index in [9.17, 15) is 0 Å². The second-order valence-electron chi connectivity index (χ2n) is 5.72. The van der Waals surface area contributed by atoms with Gasteiger partial charge in [-0.3, -0.25) is 4.90 Å². The summed E-state index contributed by atoms with van der Waals surface area (Å²) in [5.41, 5.74) is 6.04. The maximum Gasteiger partial charge on any atom is 0.0334 e. The van der Waals surface area contributed by atoms with Gasteiger partial charge in [-0.15, -0.1) is 11.3 Å². The molecule has 1 fully saturated rings. The molecule has 1 aliphatic rings. The first-order chi connectivity index (χ1) is 9.35. The minimum absolute atomic E-state index is 0.589. The van der Waals surface area contributed by atoms with Crippen molar-refractivity contribution in [1.82, 2.24) is 4.90 Å². The lowest BCUT2D eigenvalue weighted by Crippen LogP contribution is -2.41. The number of hydrogen-bond donors (Lipinski definition) is 1. The van der Waals surface area contributed by atoms with Crippen LogP contribution in [0.3, 0.4) is 0 Å². The van der Waals surface area contributed by atoms with E-state index in [1.807, 2.05) is 11.3 Å². The highest BCUT2D eigenvalue weighted by Gasteiger charge is 2.33. The molecule has 2 N–H and O–H groups in total. The molecule has 1 aliphatic carbocycles. The van der Waals surface area contributed by atoms with Crippen LogP contribution in [0.2, 0.25) is 0 Å². The third-order valence-corrected chi connectivity index (χ3v) is 4.93. The predicted octanol–water partition coefficient (Wildman–Crippen LogP) is 4.01. The van der Waals surface area contributed by atoms with Gasteiger partial charge in [-0.25, -0.2) is 0 Å². The van der Waals surface area contributed by atoms with E-state index in [0.29, 0.717) is 6.04 Å². The lowest BCUT2D eigenvalue weighted by atomic mass is 10.1. The molecule has 2 nitrogen and oxygen atoms in total. The van der Waals surface area contributed by atoms with Crippen molar-refractivity contribution in [2.75, 3.05) is 6.54 Å². The smallest absolute Gasteiger partial charge is 0.0334 e. The molecule has 108 valence electrons. The maximum atomic E-state index is 6.04. The van der Waals surface area contributed by atoms with Crippen LogP contribution in [0.1, 0.15) is 56.7 Å². The quantitative estimate of drug-likeness (QED) is 0.656. The van der Waals surface area contributed by atoms with E-state index in [4.69, 9.17) is 5.73 Å². The Labute approximate surface area is 122 Å². The molecule has 1 heterocycles. The molecule has 1 aromatic heterocycles. The maximum absolute atomic E-state index is 6.04. The third kappa shape index (κ3) is 4.90. The predicted molar refractivity (Wildman–Crippen MR) is 84.5 cm³/mol. The summed E-state index contributed by atoms with van der Waals surface area (Å²) in [6, 6.07) is 5.81. The number of thiophene rings is 1. The molecule has 0 radical (unpaired) electrons. The van der Waals surface area contributed by atoms with Crippen molar-refractivity contribution in [3.63, 3.8) is 0 Å². The molecule has 3 heteroatoms. The summed E-state index contributed by atoms with van der Waals surface area (Å²) in [6.07, 6.45) is 9.40. The van der Waals surface area contributed by atoms with E-state index in [1.54, 1.807) is 0 Å². The van der Waals surface area contributed by atoms with Crippen LogP contribution < -0.4 is 5.73 Å². The fourth-order valence-corrected chi connectivity index (χ4v) is 3.48. The van der Waals surface area contributed by atoms with Crippen LogP contribution in [-0.4, -0.2) is 23.5 Å². The van der Waals surface area contributed by atoms with Gasteiger partial charge in [0.2, 0.25) is 0 Å². The Kier molecular flexibility index (Phi) is 6.35. The van der Waals surface area contributed by atoms with E-state index >= 15 is 0 Å². The largest absolute Gasteiger partial charge is 0.329 e. The van der Waals surface area contributed by atoms with Gasteiger partial charge in [-0.1, -0.05) is 38.7 Å². The molecule has 19 heavy (non-hydrogen) atoms. The van der Waals surface area contributed by atoms with Gasteiger partial charge in [0.15, 0.2) is 0 Å². The minimum atomic E-state index is 0.589. The van der Waals surface area contributed by atoms with Gasteiger partial charge in [-0.05, 0) is 30.7 Å². The minimum Gasteiger partial charge on any atom is -0.329 e. The third-order valence-electron chi connectivity index (χ3n) is 4.07. The van der Waals surface area contributed by atoms with E-state index in [2.05, 4.69) is 29.3 Å². The molecule has 1 saturated carbocycles. The van der Waals surface area contributed by atoms with Gasteiger partial charge in [0.05, 0.1) is 0 Å².